The Morgan fingerprint density at radius 1 is 1.26 bits per heavy atom. The third kappa shape index (κ3) is 6.78. The van der Waals surface area contributed by atoms with Crippen LogP contribution in [0.4, 0.5) is 14.9 Å². The largest absolute Gasteiger partial charge is 0.444 e. The van der Waals surface area contributed by atoms with Crippen molar-refractivity contribution in [1.29, 1.82) is 0 Å². The summed E-state index contributed by atoms with van der Waals surface area (Å²) in [6.07, 6.45) is -0.00576. The molecule has 0 heterocycles. The molecule has 0 atom stereocenters. The molecular weight excluding hydrogens is 301 g/mol. The number of hydrogen-bond donors (Lipinski definition) is 2. The Bertz CT molecular complexity index is 618. The lowest BCUT2D eigenvalue weighted by molar-refractivity contribution is 0.0527. The molecule has 1 aromatic carbocycles. The SMILES string of the molecule is [C-]#[N+]c1ccc(C(=O)NCCCNC(=O)OC(C)(C)C)cc1F. The van der Waals surface area contributed by atoms with E-state index < -0.39 is 23.4 Å². The topological polar surface area (TPSA) is 71.8 Å². The number of nitrogens with zero attached hydrogens (tertiary/aromatic N) is 1. The van der Waals surface area contributed by atoms with Crippen LogP contribution >= 0.6 is 0 Å². The number of alkyl carbamates (subject to hydrolysis) is 1. The van der Waals surface area contributed by atoms with Gasteiger partial charge in [-0.1, -0.05) is 12.1 Å². The molecule has 124 valence electrons. The molecule has 0 aliphatic rings. The Kier molecular flexibility index (Phi) is 6.51. The molecule has 0 saturated carbocycles. The molecule has 2 amide bonds. The molecule has 1 aromatic rings. The van der Waals surface area contributed by atoms with Crippen molar-refractivity contribution in [3.8, 4) is 0 Å². The van der Waals surface area contributed by atoms with Gasteiger partial charge in [0.15, 0.2) is 0 Å². The zero-order valence-corrected chi connectivity index (χ0v) is 13.4. The molecule has 0 unspecified atom stereocenters. The van der Waals surface area contributed by atoms with Crippen LogP contribution in [-0.4, -0.2) is 30.7 Å². The minimum absolute atomic E-state index is 0.122. The first-order valence-electron chi connectivity index (χ1n) is 7.15. The third-order valence-corrected chi connectivity index (χ3v) is 2.64. The molecule has 0 aliphatic heterocycles. The fraction of sp³-hybridized carbons (Fsp3) is 0.438. The van der Waals surface area contributed by atoms with Gasteiger partial charge in [0.1, 0.15) is 11.4 Å². The van der Waals surface area contributed by atoms with Crippen LogP contribution < -0.4 is 10.6 Å². The number of benzene rings is 1. The Hall–Kier alpha value is -2.62. The van der Waals surface area contributed by atoms with E-state index in [-0.39, 0.29) is 11.3 Å². The van der Waals surface area contributed by atoms with E-state index in [4.69, 9.17) is 11.3 Å². The zero-order valence-electron chi connectivity index (χ0n) is 13.4. The maximum Gasteiger partial charge on any atom is 0.407 e. The van der Waals surface area contributed by atoms with E-state index in [1.165, 1.54) is 12.1 Å². The molecule has 0 bridgehead atoms. The highest BCUT2D eigenvalue weighted by molar-refractivity contribution is 5.94. The van der Waals surface area contributed by atoms with Crippen LogP contribution in [0.5, 0.6) is 0 Å². The van der Waals surface area contributed by atoms with E-state index >= 15 is 0 Å². The van der Waals surface area contributed by atoms with Gasteiger partial charge in [0.2, 0.25) is 5.69 Å². The number of carbonyl (C=O) groups is 2. The van der Waals surface area contributed by atoms with E-state index in [0.717, 1.165) is 6.07 Å². The molecule has 0 radical (unpaired) electrons. The summed E-state index contributed by atoms with van der Waals surface area (Å²) in [6, 6.07) is 3.69. The molecule has 0 fully saturated rings. The maximum atomic E-state index is 13.4. The minimum Gasteiger partial charge on any atom is -0.444 e. The van der Waals surface area contributed by atoms with Crippen molar-refractivity contribution in [2.75, 3.05) is 13.1 Å². The predicted octanol–water partition coefficient (Wildman–Crippen LogP) is 3.02. The highest BCUT2D eigenvalue weighted by Crippen LogP contribution is 2.18. The Morgan fingerprint density at radius 3 is 2.48 bits per heavy atom. The zero-order chi connectivity index (χ0) is 17.5. The predicted molar refractivity (Wildman–Crippen MR) is 83.8 cm³/mol. The Labute approximate surface area is 134 Å². The van der Waals surface area contributed by atoms with Crippen LogP contribution in [0, 0.1) is 12.4 Å². The number of carbonyl (C=O) groups excluding carboxylic acids is 2. The maximum absolute atomic E-state index is 13.4. The smallest absolute Gasteiger partial charge is 0.407 e. The number of halogens is 1. The van der Waals surface area contributed by atoms with Crippen molar-refractivity contribution in [2.24, 2.45) is 0 Å². The standard InChI is InChI=1S/C16H20FN3O3/c1-16(2,3)23-15(22)20-9-5-8-19-14(21)11-6-7-13(18-4)12(17)10-11/h6-7,10H,5,8-9H2,1-3H3,(H,19,21)(H,20,22). The summed E-state index contributed by atoms with van der Waals surface area (Å²) in [6.45, 7) is 12.7. The van der Waals surface area contributed by atoms with Gasteiger partial charge in [0.25, 0.3) is 5.91 Å². The average molecular weight is 321 g/mol. The highest BCUT2D eigenvalue weighted by Gasteiger charge is 2.15. The van der Waals surface area contributed by atoms with Crippen LogP contribution in [-0.2, 0) is 4.74 Å². The summed E-state index contributed by atoms with van der Waals surface area (Å²) >= 11 is 0. The van der Waals surface area contributed by atoms with Crippen molar-refractivity contribution in [3.63, 3.8) is 0 Å². The van der Waals surface area contributed by atoms with Gasteiger partial charge in [-0.05, 0) is 33.3 Å². The van der Waals surface area contributed by atoms with Crippen LogP contribution in [0.3, 0.4) is 0 Å². The fourth-order valence-electron chi connectivity index (χ4n) is 1.64. The molecule has 0 saturated heterocycles. The number of rotatable bonds is 5. The number of hydrogen-bond acceptors (Lipinski definition) is 3. The normalized spacial score (nSPS) is 10.6. The van der Waals surface area contributed by atoms with Crippen LogP contribution in [0.25, 0.3) is 4.85 Å². The second kappa shape index (κ2) is 8.13. The molecule has 7 heteroatoms. The van der Waals surface area contributed by atoms with E-state index in [9.17, 15) is 14.0 Å². The molecule has 0 aliphatic carbocycles. The quantitative estimate of drug-likeness (QED) is 0.647. The van der Waals surface area contributed by atoms with Gasteiger partial charge in [-0.25, -0.2) is 14.0 Å². The summed E-state index contributed by atoms with van der Waals surface area (Å²) in [4.78, 5) is 26.2. The van der Waals surface area contributed by atoms with E-state index in [1.54, 1.807) is 20.8 Å². The third-order valence-electron chi connectivity index (χ3n) is 2.64. The second-order valence-corrected chi connectivity index (χ2v) is 5.82. The molecule has 6 nitrogen and oxygen atoms in total. The van der Waals surface area contributed by atoms with Crippen molar-refractivity contribution in [3.05, 3.63) is 41.0 Å². The van der Waals surface area contributed by atoms with Gasteiger partial charge in [-0.3, -0.25) is 4.79 Å². The van der Waals surface area contributed by atoms with Crippen LogP contribution in [0.1, 0.15) is 37.6 Å². The van der Waals surface area contributed by atoms with Crippen molar-refractivity contribution in [1.82, 2.24) is 10.6 Å². The average Bonchev–Trinajstić information content (AvgIpc) is 2.44. The highest BCUT2D eigenvalue weighted by atomic mass is 19.1. The van der Waals surface area contributed by atoms with Gasteiger partial charge in [0.05, 0.1) is 6.57 Å². The van der Waals surface area contributed by atoms with E-state index in [2.05, 4.69) is 15.5 Å². The van der Waals surface area contributed by atoms with Gasteiger partial charge in [-0.15, -0.1) is 0 Å². The number of amides is 2. The molecule has 2 N–H and O–H groups in total. The van der Waals surface area contributed by atoms with Gasteiger partial charge < -0.3 is 15.4 Å². The van der Waals surface area contributed by atoms with Crippen LogP contribution in [0.15, 0.2) is 18.2 Å². The summed E-state index contributed by atoms with van der Waals surface area (Å²) in [5.41, 5.74) is -0.530. The minimum atomic E-state index is -0.723. The van der Waals surface area contributed by atoms with Crippen molar-refractivity contribution >= 4 is 17.7 Å². The van der Waals surface area contributed by atoms with Crippen LogP contribution in [0.2, 0.25) is 0 Å². The van der Waals surface area contributed by atoms with Crippen molar-refractivity contribution in [2.45, 2.75) is 32.8 Å². The molecule has 1 rings (SSSR count). The Balaban J connectivity index is 2.31. The number of nitrogens with one attached hydrogen (secondary N) is 2. The first-order chi connectivity index (χ1) is 10.7. The summed E-state index contributed by atoms with van der Waals surface area (Å²) in [5, 5.41) is 5.18. The van der Waals surface area contributed by atoms with E-state index in [1.807, 2.05) is 0 Å². The molecule has 23 heavy (non-hydrogen) atoms. The lowest BCUT2D eigenvalue weighted by Gasteiger charge is -2.19. The van der Waals surface area contributed by atoms with Gasteiger partial charge in [-0.2, -0.15) is 0 Å². The van der Waals surface area contributed by atoms with Gasteiger partial charge >= 0.3 is 6.09 Å². The Morgan fingerprint density at radius 2 is 1.91 bits per heavy atom. The monoisotopic (exact) mass is 321 g/mol. The fourth-order valence-corrected chi connectivity index (χ4v) is 1.64. The first-order valence-corrected chi connectivity index (χ1v) is 7.15. The lowest BCUT2D eigenvalue weighted by atomic mass is 10.2. The van der Waals surface area contributed by atoms with Crippen molar-refractivity contribution < 1.29 is 18.7 Å². The number of ether oxygens (including phenoxy) is 1. The summed E-state index contributed by atoms with van der Waals surface area (Å²) < 4.78 is 18.5. The molecule has 0 aromatic heterocycles. The first kappa shape index (κ1) is 18.4. The summed E-state index contributed by atoms with van der Waals surface area (Å²) in [5.74, 6) is -1.16. The lowest BCUT2D eigenvalue weighted by Crippen LogP contribution is -2.34. The molecule has 0 spiro atoms. The molecular formula is C16H20FN3O3. The second-order valence-electron chi connectivity index (χ2n) is 5.82. The summed E-state index contributed by atoms with van der Waals surface area (Å²) in [7, 11) is 0. The van der Waals surface area contributed by atoms with E-state index in [0.29, 0.717) is 19.5 Å². The van der Waals surface area contributed by atoms with Gasteiger partial charge in [0, 0.05) is 18.7 Å².